The zero-order chi connectivity index (χ0) is 41.2. The molecule has 2 aliphatic carbocycles. The average Bonchev–Trinajstić information content (AvgIpc) is 3.63. The van der Waals surface area contributed by atoms with E-state index in [1.165, 1.54) is 78.1 Å². The summed E-state index contributed by atoms with van der Waals surface area (Å²) < 4.78 is 0. The fourth-order valence-corrected chi connectivity index (χ4v) is 9.60. The van der Waals surface area contributed by atoms with Crippen LogP contribution in [0.3, 0.4) is 0 Å². The second kappa shape index (κ2) is 14.4. The fourth-order valence-electron chi connectivity index (χ4n) is 9.60. The van der Waals surface area contributed by atoms with E-state index in [-0.39, 0.29) is 10.8 Å². The van der Waals surface area contributed by atoms with Crippen LogP contribution in [0.5, 0.6) is 0 Å². The van der Waals surface area contributed by atoms with Gasteiger partial charge in [-0.05, 0) is 142 Å². The second-order valence-electron chi connectivity index (χ2n) is 17.7. The standard InChI is InChI=1S/C58H50N2/c1-39-17-25-45(26-18-39)60(46-27-19-40(2)20-28-46)48-30-34-52-50-32-24-42(36-54(50)58(5,6)56(52)38-48)22-21-41-23-31-49-51-33-29-47(37-55(51)57(3,4)53(49)35-41)59(43-13-9-7-10-14-43)44-15-11-8-12-16-44/h7-38H,1-6H3/b22-21+. The third kappa shape index (κ3) is 6.35. The molecule has 0 bridgehead atoms. The van der Waals surface area contributed by atoms with Gasteiger partial charge in [0.05, 0.1) is 0 Å². The number of benzene rings is 8. The van der Waals surface area contributed by atoms with Crippen molar-refractivity contribution in [1.29, 1.82) is 0 Å². The summed E-state index contributed by atoms with van der Waals surface area (Å²) >= 11 is 0. The first-order valence-corrected chi connectivity index (χ1v) is 21.2. The number of rotatable bonds is 8. The van der Waals surface area contributed by atoms with Crippen LogP contribution in [-0.4, -0.2) is 0 Å². The van der Waals surface area contributed by atoms with Crippen molar-refractivity contribution in [2.24, 2.45) is 0 Å². The van der Waals surface area contributed by atoms with Crippen molar-refractivity contribution in [3.63, 3.8) is 0 Å². The van der Waals surface area contributed by atoms with E-state index >= 15 is 0 Å². The molecule has 8 aromatic rings. The first-order valence-electron chi connectivity index (χ1n) is 21.2. The lowest BCUT2D eigenvalue weighted by molar-refractivity contribution is 0.660. The number of aryl methyl sites for hydroxylation is 2. The summed E-state index contributed by atoms with van der Waals surface area (Å²) in [6.45, 7) is 13.8. The molecule has 60 heavy (non-hydrogen) atoms. The van der Waals surface area contributed by atoms with Crippen molar-refractivity contribution in [2.75, 3.05) is 9.80 Å². The molecular formula is C58H50N2. The molecule has 0 heterocycles. The predicted octanol–water partition coefficient (Wildman–Crippen LogP) is 16.0. The Bertz CT molecular complexity index is 2830. The molecule has 0 atom stereocenters. The van der Waals surface area contributed by atoms with Gasteiger partial charge in [0.25, 0.3) is 0 Å². The summed E-state index contributed by atoms with van der Waals surface area (Å²) in [5.74, 6) is 0. The normalized spacial score (nSPS) is 14.0. The Morgan fingerprint density at radius 1 is 0.317 bits per heavy atom. The molecule has 0 N–H and O–H groups in total. The molecule has 0 saturated heterocycles. The lowest BCUT2D eigenvalue weighted by Gasteiger charge is -2.28. The third-order valence-electron chi connectivity index (χ3n) is 13.0. The Kier molecular flexibility index (Phi) is 8.99. The van der Waals surface area contributed by atoms with Crippen LogP contribution in [0.4, 0.5) is 34.1 Å². The van der Waals surface area contributed by atoms with E-state index in [9.17, 15) is 0 Å². The van der Waals surface area contributed by atoms with Crippen molar-refractivity contribution < 1.29 is 0 Å². The van der Waals surface area contributed by atoms with Crippen molar-refractivity contribution >= 4 is 46.3 Å². The SMILES string of the molecule is Cc1ccc(N(c2ccc(C)cc2)c2ccc3c(c2)C(C)(C)c2cc(/C=C/c4ccc5c(c4)C(C)(C)c4cc(N(c6ccccc6)c6ccccc6)ccc4-5)ccc2-3)cc1. The molecule has 10 rings (SSSR count). The highest BCUT2D eigenvalue weighted by molar-refractivity contribution is 5.89. The predicted molar refractivity (Wildman–Crippen MR) is 256 cm³/mol. The minimum Gasteiger partial charge on any atom is -0.310 e. The number of fused-ring (bicyclic) bond motifs is 6. The Hall–Kier alpha value is -6.90. The number of hydrogen-bond acceptors (Lipinski definition) is 2. The van der Waals surface area contributed by atoms with Crippen LogP contribution in [0.2, 0.25) is 0 Å². The Morgan fingerprint density at radius 2 is 0.617 bits per heavy atom. The van der Waals surface area contributed by atoms with Gasteiger partial charge in [-0.25, -0.2) is 0 Å². The van der Waals surface area contributed by atoms with Crippen molar-refractivity contribution in [1.82, 2.24) is 0 Å². The molecule has 0 radical (unpaired) electrons. The van der Waals surface area contributed by atoms with Crippen LogP contribution in [-0.2, 0) is 10.8 Å². The van der Waals surface area contributed by atoms with E-state index in [4.69, 9.17) is 0 Å². The first kappa shape index (κ1) is 37.4. The second-order valence-corrected chi connectivity index (χ2v) is 17.7. The summed E-state index contributed by atoms with van der Waals surface area (Å²) in [4.78, 5) is 4.74. The van der Waals surface area contributed by atoms with E-state index in [1.807, 2.05) is 0 Å². The molecule has 2 nitrogen and oxygen atoms in total. The quantitative estimate of drug-likeness (QED) is 0.142. The number of nitrogens with zero attached hydrogens (tertiary/aromatic N) is 2. The highest BCUT2D eigenvalue weighted by Gasteiger charge is 2.37. The van der Waals surface area contributed by atoms with Crippen LogP contribution < -0.4 is 9.80 Å². The topological polar surface area (TPSA) is 6.48 Å². The molecule has 0 aliphatic heterocycles. The molecule has 2 aliphatic rings. The number of anilines is 6. The van der Waals surface area contributed by atoms with Gasteiger partial charge in [-0.3, -0.25) is 0 Å². The molecule has 292 valence electrons. The van der Waals surface area contributed by atoms with Gasteiger partial charge >= 0.3 is 0 Å². The van der Waals surface area contributed by atoms with Gasteiger partial charge < -0.3 is 9.80 Å². The lowest BCUT2D eigenvalue weighted by atomic mass is 9.81. The zero-order valence-corrected chi connectivity index (χ0v) is 35.4. The Labute approximate surface area is 355 Å². The van der Waals surface area contributed by atoms with E-state index in [1.54, 1.807) is 0 Å². The molecule has 0 saturated carbocycles. The maximum absolute atomic E-state index is 2.42. The number of hydrogen-bond donors (Lipinski definition) is 0. The summed E-state index contributed by atoms with van der Waals surface area (Å²) in [6.07, 6.45) is 4.57. The number of para-hydroxylation sites is 2. The minimum atomic E-state index is -0.157. The van der Waals surface area contributed by atoms with Gasteiger partial charge in [0.15, 0.2) is 0 Å². The van der Waals surface area contributed by atoms with Crippen molar-refractivity contribution in [3.05, 3.63) is 226 Å². The van der Waals surface area contributed by atoms with Crippen LogP contribution in [0.15, 0.2) is 182 Å². The molecule has 0 spiro atoms. The molecular weight excluding hydrogens is 725 g/mol. The van der Waals surface area contributed by atoms with Gasteiger partial charge in [-0.15, -0.1) is 0 Å². The maximum atomic E-state index is 2.42. The molecule has 0 amide bonds. The largest absolute Gasteiger partial charge is 0.310 e. The smallest absolute Gasteiger partial charge is 0.0465 e. The summed E-state index contributed by atoms with van der Waals surface area (Å²) in [6, 6.07) is 67.1. The molecule has 0 unspecified atom stereocenters. The monoisotopic (exact) mass is 774 g/mol. The van der Waals surface area contributed by atoms with E-state index in [0.29, 0.717) is 0 Å². The Balaban J connectivity index is 0.941. The van der Waals surface area contributed by atoms with E-state index < -0.39 is 0 Å². The summed E-state index contributed by atoms with van der Waals surface area (Å²) in [5, 5.41) is 0. The van der Waals surface area contributed by atoms with Crippen molar-refractivity contribution in [2.45, 2.75) is 52.4 Å². The molecule has 8 aromatic carbocycles. The van der Waals surface area contributed by atoms with Crippen LogP contribution in [0.1, 0.15) is 72.2 Å². The fraction of sp³-hybridized carbons (Fsp3) is 0.138. The molecule has 0 aromatic heterocycles. The minimum absolute atomic E-state index is 0.152. The average molecular weight is 775 g/mol. The van der Waals surface area contributed by atoms with Gasteiger partial charge in [-0.1, -0.05) is 160 Å². The summed E-state index contributed by atoms with van der Waals surface area (Å²) in [5.41, 5.74) is 22.3. The highest BCUT2D eigenvalue weighted by atomic mass is 15.1. The van der Waals surface area contributed by atoms with E-state index in [2.05, 4.69) is 245 Å². The zero-order valence-electron chi connectivity index (χ0n) is 35.4. The van der Waals surface area contributed by atoms with E-state index in [0.717, 1.165) is 22.7 Å². The van der Waals surface area contributed by atoms with Crippen LogP contribution in [0, 0.1) is 13.8 Å². The van der Waals surface area contributed by atoms with Gasteiger partial charge in [-0.2, -0.15) is 0 Å². The first-order chi connectivity index (χ1) is 29.1. The van der Waals surface area contributed by atoms with Gasteiger partial charge in [0.1, 0.15) is 0 Å². The van der Waals surface area contributed by atoms with Gasteiger partial charge in [0.2, 0.25) is 0 Å². The maximum Gasteiger partial charge on any atom is 0.0465 e. The van der Waals surface area contributed by atoms with Crippen molar-refractivity contribution in [3.8, 4) is 22.3 Å². The molecule has 0 fully saturated rings. The highest BCUT2D eigenvalue weighted by Crippen LogP contribution is 2.53. The molecule has 2 heteroatoms. The summed E-state index contributed by atoms with van der Waals surface area (Å²) in [7, 11) is 0. The van der Waals surface area contributed by atoms with Gasteiger partial charge in [0, 0.05) is 45.0 Å². The lowest BCUT2D eigenvalue weighted by Crippen LogP contribution is -2.16. The third-order valence-corrected chi connectivity index (χ3v) is 13.0. The van der Waals surface area contributed by atoms with Crippen LogP contribution >= 0.6 is 0 Å². The van der Waals surface area contributed by atoms with Crippen LogP contribution in [0.25, 0.3) is 34.4 Å². The Morgan fingerprint density at radius 3 is 0.983 bits per heavy atom.